The van der Waals surface area contributed by atoms with Gasteiger partial charge in [-0.3, -0.25) is 9.89 Å². The van der Waals surface area contributed by atoms with E-state index in [1.807, 2.05) is 29.2 Å². The number of halogens is 1. The summed E-state index contributed by atoms with van der Waals surface area (Å²) in [5.41, 5.74) is 3.15. The Morgan fingerprint density at radius 1 is 1.25 bits per heavy atom. The summed E-state index contributed by atoms with van der Waals surface area (Å²) >= 11 is 3.41. The third kappa shape index (κ3) is 2.84. The summed E-state index contributed by atoms with van der Waals surface area (Å²) < 4.78 is 1.01. The molecule has 122 valence electrons. The van der Waals surface area contributed by atoms with Gasteiger partial charge in [0.05, 0.1) is 17.6 Å². The van der Waals surface area contributed by atoms with Gasteiger partial charge in [0.2, 0.25) is 0 Å². The van der Waals surface area contributed by atoms with Crippen LogP contribution in [0.3, 0.4) is 0 Å². The van der Waals surface area contributed by atoms with Gasteiger partial charge in [0.1, 0.15) is 5.69 Å². The van der Waals surface area contributed by atoms with Crippen molar-refractivity contribution in [1.29, 1.82) is 0 Å². The normalized spacial score (nSPS) is 17.4. The lowest BCUT2D eigenvalue weighted by Gasteiger charge is -2.14. The van der Waals surface area contributed by atoms with E-state index in [2.05, 4.69) is 41.5 Å². The monoisotopic (exact) mass is 386 g/mol. The molecule has 2 N–H and O–H groups in total. The number of aromatic amines is 2. The van der Waals surface area contributed by atoms with Crippen molar-refractivity contribution in [3.63, 3.8) is 0 Å². The fourth-order valence-corrected chi connectivity index (χ4v) is 3.23. The van der Waals surface area contributed by atoms with Crippen LogP contribution in [0.4, 0.5) is 0 Å². The van der Waals surface area contributed by atoms with Crippen molar-refractivity contribution in [3.05, 3.63) is 52.4 Å². The average Bonchev–Trinajstić information content (AvgIpc) is 3.34. The zero-order chi connectivity index (χ0) is 16.5. The van der Waals surface area contributed by atoms with Crippen LogP contribution in [0, 0.1) is 0 Å². The Kier molecular flexibility index (Phi) is 3.89. The lowest BCUT2D eigenvalue weighted by atomic mass is 10.1. The first-order valence-electron chi connectivity index (χ1n) is 7.67. The molecule has 2 aromatic heterocycles. The van der Waals surface area contributed by atoms with Crippen LogP contribution in [0.25, 0.3) is 11.3 Å². The van der Waals surface area contributed by atoms with E-state index in [4.69, 9.17) is 0 Å². The number of amides is 1. The summed E-state index contributed by atoms with van der Waals surface area (Å²) in [7, 11) is 0. The van der Waals surface area contributed by atoms with E-state index in [0.717, 1.165) is 27.8 Å². The number of hydrogen-bond acceptors (Lipinski definition) is 4. The number of nitrogens with one attached hydrogen (secondary N) is 2. The quantitative estimate of drug-likeness (QED) is 0.723. The van der Waals surface area contributed by atoms with Crippen LogP contribution in [0.2, 0.25) is 0 Å². The van der Waals surface area contributed by atoms with E-state index in [9.17, 15) is 4.79 Å². The summed E-state index contributed by atoms with van der Waals surface area (Å²) in [6.07, 6.45) is 2.62. The maximum atomic E-state index is 12.7. The molecule has 8 heteroatoms. The Morgan fingerprint density at radius 2 is 2.08 bits per heavy atom. The fourth-order valence-electron chi connectivity index (χ4n) is 2.96. The number of carbonyl (C=O) groups is 1. The number of likely N-dealkylation sites (tertiary alicyclic amines) is 1. The molecule has 24 heavy (non-hydrogen) atoms. The Bertz CT molecular complexity index is 842. The van der Waals surface area contributed by atoms with Crippen LogP contribution in [0.15, 0.2) is 41.0 Å². The SMILES string of the molecule is O=C(c1cc(-c2ccc(Br)cc2)n[nH]1)N1CCC(c2cn[nH]n2)C1. The van der Waals surface area contributed by atoms with Crippen molar-refractivity contribution < 1.29 is 4.79 Å². The van der Waals surface area contributed by atoms with Crippen LogP contribution in [0.5, 0.6) is 0 Å². The van der Waals surface area contributed by atoms with E-state index in [1.54, 1.807) is 12.3 Å². The number of carbonyl (C=O) groups excluding carboxylic acids is 1. The molecular weight excluding hydrogens is 372 g/mol. The second kappa shape index (κ2) is 6.20. The summed E-state index contributed by atoms with van der Waals surface area (Å²) in [4.78, 5) is 14.5. The van der Waals surface area contributed by atoms with Gasteiger partial charge >= 0.3 is 0 Å². The van der Waals surface area contributed by atoms with Gasteiger partial charge in [-0.2, -0.15) is 20.5 Å². The van der Waals surface area contributed by atoms with Gasteiger partial charge in [-0.25, -0.2) is 0 Å². The number of benzene rings is 1. The predicted octanol–water partition coefficient (Wildman–Crippen LogP) is 2.59. The molecule has 1 unspecified atom stereocenters. The van der Waals surface area contributed by atoms with E-state index < -0.39 is 0 Å². The summed E-state index contributed by atoms with van der Waals surface area (Å²) in [5.74, 6) is 0.207. The predicted molar refractivity (Wildman–Crippen MR) is 91.4 cm³/mol. The van der Waals surface area contributed by atoms with E-state index in [0.29, 0.717) is 18.8 Å². The molecule has 4 rings (SSSR count). The van der Waals surface area contributed by atoms with Crippen LogP contribution < -0.4 is 0 Å². The number of nitrogens with zero attached hydrogens (tertiary/aromatic N) is 4. The van der Waals surface area contributed by atoms with Crippen molar-refractivity contribution in [1.82, 2.24) is 30.5 Å². The first-order valence-corrected chi connectivity index (χ1v) is 8.46. The van der Waals surface area contributed by atoms with Crippen LogP contribution in [-0.2, 0) is 0 Å². The number of H-pyrrole nitrogens is 2. The number of aromatic nitrogens is 5. The van der Waals surface area contributed by atoms with Crippen molar-refractivity contribution >= 4 is 21.8 Å². The lowest BCUT2D eigenvalue weighted by molar-refractivity contribution is 0.0785. The Balaban J connectivity index is 1.48. The highest BCUT2D eigenvalue weighted by molar-refractivity contribution is 9.10. The molecule has 7 nitrogen and oxygen atoms in total. The van der Waals surface area contributed by atoms with E-state index >= 15 is 0 Å². The minimum absolute atomic E-state index is 0.0307. The zero-order valence-corrected chi connectivity index (χ0v) is 14.3. The second-order valence-electron chi connectivity index (χ2n) is 5.81. The van der Waals surface area contributed by atoms with E-state index in [1.165, 1.54) is 0 Å². The van der Waals surface area contributed by atoms with Crippen molar-refractivity contribution in [3.8, 4) is 11.3 Å². The van der Waals surface area contributed by atoms with Crippen LogP contribution >= 0.6 is 15.9 Å². The molecule has 0 radical (unpaired) electrons. The minimum atomic E-state index is -0.0307. The van der Waals surface area contributed by atoms with E-state index in [-0.39, 0.29) is 11.8 Å². The Morgan fingerprint density at radius 3 is 2.83 bits per heavy atom. The second-order valence-corrected chi connectivity index (χ2v) is 6.72. The molecule has 0 saturated carbocycles. The summed E-state index contributed by atoms with van der Waals surface area (Å²) in [6, 6.07) is 9.63. The molecule has 3 heterocycles. The molecule has 1 atom stereocenters. The van der Waals surface area contributed by atoms with Crippen LogP contribution in [-0.4, -0.2) is 49.5 Å². The highest BCUT2D eigenvalue weighted by Gasteiger charge is 2.30. The number of rotatable bonds is 3. The summed E-state index contributed by atoms with van der Waals surface area (Å²) in [5, 5.41) is 17.7. The molecule has 1 saturated heterocycles. The average molecular weight is 387 g/mol. The maximum absolute atomic E-state index is 12.7. The third-order valence-corrected chi connectivity index (χ3v) is 4.80. The van der Waals surface area contributed by atoms with Crippen molar-refractivity contribution in [2.24, 2.45) is 0 Å². The molecule has 0 bridgehead atoms. The highest BCUT2D eigenvalue weighted by atomic mass is 79.9. The maximum Gasteiger partial charge on any atom is 0.271 e. The first-order chi connectivity index (χ1) is 11.7. The van der Waals surface area contributed by atoms with Gasteiger partial charge in [0, 0.05) is 29.0 Å². The molecule has 1 aliphatic heterocycles. The van der Waals surface area contributed by atoms with Gasteiger partial charge in [-0.05, 0) is 24.6 Å². The Hall–Kier alpha value is -2.48. The molecule has 0 aliphatic carbocycles. The molecule has 1 aliphatic rings. The fraction of sp³-hybridized carbons (Fsp3) is 0.250. The third-order valence-electron chi connectivity index (χ3n) is 4.28. The topological polar surface area (TPSA) is 90.6 Å². The minimum Gasteiger partial charge on any atom is -0.337 e. The standard InChI is InChI=1S/C16H15BrN6O/c17-12-3-1-10(2-4-12)13-7-14(20-19-13)16(24)23-6-5-11(9-23)15-8-18-22-21-15/h1-4,7-8,11H,5-6,9H2,(H,19,20)(H,18,21,22). The van der Waals surface area contributed by atoms with Crippen LogP contribution in [0.1, 0.15) is 28.5 Å². The Labute approximate surface area is 146 Å². The molecule has 3 aromatic rings. The molecule has 0 spiro atoms. The zero-order valence-electron chi connectivity index (χ0n) is 12.7. The highest BCUT2D eigenvalue weighted by Crippen LogP contribution is 2.27. The first kappa shape index (κ1) is 15.1. The molecule has 1 amide bonds. The smallest absolute Gasteiger partial charge is 0.271 e. The summed E-state index contributed by atoms with van der Waals surface area (Å²) in [6.45, 7) is 1.36. The van der Waals surface area contributed by atoms with Gasteiger partial charge < -0.3 is 4.90 Å². The molecule has 1 fully saturated rings. The van der Waals surface area contributed by atoms with Gasteiger partial charge in [-0.1, -0.05) is 28.1 Å². The molecule has 1 aromatic carbocycles. The number of hydrogen-bond donors (Lipinski definition) is 2. The van der Waals surface area contributed by atoms with Gasteiger partial charge in [0.15, 0.2) is 0 Å². The molecular formula is C16H15BrN6O. The van der Waals surface area contributed by atoms with Crippen molar-refractivity contribution in [2.75, 3.05) is 13.1 Å². The van der Waals surface area contributed by atoms with Gasteiger partial charge in [-0.15, -0.1) is 0 Å². The van der Waals surface area contributed by atoms with Gasteiger partial charge in [0.25, 0.3) is 5.91 Å². The lowest BCUT2D eigenvalue weighted by Crippen LogP contribution is -2.28. The largest absolute Gasteiger partial charge is 0.337 e. The van der Waals surface area contributed by atoms with Crippen molar-refractivity contribution in [2.45, 2.75) is 12.3 Å².